The van der Waals surface area contributed by atoms with Crippen LogP contribution in [0.2, 0.25) is 0 Å². The van der Waals surface area contributed by atoms with Crippen LogP contribution in [0, 0.1) is 0 Å². The Morgan fingerprint density at radius 2 is 1.41 bits per heavy atom. The Morgan fingerprint density at radius 3 is 2.07 bits per heavy atom. The molecule has 1 N–H and O–H groups in total. The molecule has 0 saturated heterocycles. The number of sulfonamides is 1. The van der Waals surface area contributed by atoms with Crippen molar-refractivity contribution in [2.45, 2.75) is 62.0 Å². The summed E-state index contributed by atoms with van der Waals surface area (Å²) in [5, 5.41) is 3.23. The molecule has 2 amide bonds. The summed E-state index contributed by atoms with van der Waals surface area (Å²) in [4.78, 5) is 30.4. The Balaban J connectivity index is 1.55. The van der Waals surface area contributed by atoms with Gasteiger partial charge in [-0.3, -0.25) is 13.9 Å². The number of hydrogen-bond acceptors (Lipinski definition) is 5. The first-order chi connectivity index (χ1) is 22.3. The summed E-state index contributed by atoms with van der Waals surface area (Å²) in [6.45, 7) is -0.410. The first-order valence-corrected chi connectivity index (χ1v) is 17.2. The average molecular weight is 640 g/mol. The van der Waals surface area contributed by atoms with Gasteiger partial charge in [0.2, 0.25) is 11.8 Å². The van der Waals surface area contributed by atoms with Gasteiger partial charge in [-0.25, -0.2) is 8.42 Å². The van der Waals surface area contributed by atoms with Crippen molar-refractivity contribution in [2.75, 3.05) is 18.0 Å². The Bertz CT molecular complexity index is 1680. The van der Waals surface area contributed by atoms with E-state index in [1.54, 1.807) is 55.6 Å². The molecule has 46 heavy (non-hydrogen) atoms. The first-order valence-electron chi connectivity index (χ1n) is 15.7. The number of para-hydroxylation sites is 1. The fourth-order valence-corrected chi connectivity index (χ4v) is 7.34. The summed E-state index contributed by atoms with van der Waals surface area (Å²) < 4.78 is 34.7. The molecule has 0 spiro atoms. The smallest absolute Gasteiger partial charge is 0.264 e. The van der Waals surface area contributed by atoms with Crippen LogP contribution in [-0.2, 0) is 32.6 Å². The van der Waals surface area contributed by atoms with Gasteiger partial charge in [-0.1, -0.05) is 98.1 Å². The summed E-state index contributed by atoms with van der Waals surface area (Å²) in [7, 11) is -2.56. The van der Waals surface area contributed by atoms with E-state index in [9.17, 15) is 18.0 Å². The molecule has 0 radical (unpaired) electrons. The van der Waals surface area contributed by atoms with Crippen LogP contribution in [0.1, 0.15) is 43.2 Å². The van der Waals surface area contributed by atoms with Crippen molar-refractivity contribution >= 4 is 27.5 Å². The maximum absolute atomic E-state index is 14.6. The zero-order chi connectivity index (χ0) is 32.4. The number of nitrogens with one attached hydrogen (secondary N) is 1. The lowest BCUT2D eigenvalue weighted by Gasteiger charge is -2.35. The van der Waals surface area contributed by atoms with Gasteiger partial charge in [0.15, 0.2) is 0 Å². The van der Waals surface area contributed by atoms with E-state index >= 15 is 0 Å². The molecule has 0 aromatic heterocycles. The summed E-state index contributed by atoms with van der Waals surface area (Å²) >= 11 is 0. The average Bonchev–Trinajstić information content (AvgIpc) is 3.10. The highest BCUT2D eigenvalue weighted by molar-refractivity contribution is 7.92. The second kappa shape index (κ2) is 15.6. The van der Waals surface area contributed by atoms with Gasteiger partial charge >= 0.3 is 0 Å². The number of anilines is 1. The van der Waals surface area contributed by atoms with Crippen molar-refractivity contribution in [1.82, 2.24) is 10.2 Å². The van der Waals surface area contributed by atoms with Crippen LogP contribution < -0.4 is 14.4 Å². The third kappa shape index (κ3) is 8.34. The van der Waals surface area contributed by atoms with Gasteiger partial charge in [-0.15, -0.1) is 0 Å². The van der Waals surface area contributed by atoms with Crippen molar-refractivity contribution in [3.8, 4) is 5.75 Å². The molecule has 4 aromatic carbocycles. The molecule has 1 aliphatic carbocycles. The van der Waals surface area contributed by atoms with Crippen LogP contribution in [-0.4, -0.2) is 50.9 Å². The fourth-order valence-electron chi connectivity index (χ4n) is 5.91. The molecule has 0 bridgehead atoms. The molecule has 5 rings (SSSR count). The van der Waals surface area contributed by atoms with Gasteiger partial charge in [0.05, 0.1) is 17.7 Å². The summed E-state index contributed by atoms with van der Waals surface area (Å²) in [6.07, 6.45) is 5.29. The topological polar surface area (TPSA) is 96.0 Å². The lowest BCUT2D eigenvalue weighted by molar-refractivity contribution is -0.140. The van der Waals surface area contributed by atoms with E-state index in [4.69, 9.17) is 4.74 Å². The van der Waals surface area contributed by atoms with Crippen molar-refractivity contribution in [2.24, 2.45) is 0 Å². The van der Waals surface area contributed by atoms with Crippen molar-refractivity contribution in [3.05, 3.63) is 126 Å². The highest BCUT2D eigenvalue weighted by Gasteiger charge is 2.35. The number of carbonyl (C=O) groups excluding carboxylic acids is 2. The number of methoxy groups -OCH3 is 1. The normalized spacial score (nSPS) is 14.2. The number of benzene rings is 4. The SMILES string of the molecule is COc1cccc(CN(C(=O)CN(c2ccccc2)S(=O)(=O)c2ccccc2)[C@@H](Cc2ccccc2)C(=O)NC2CCCCC2)c1. The molecular weight excluding hydrogens is 598 g/mol. The van der Waals surface area contributed by atoms with Gasteiger partial charge in [0.25, 0.3) is 10.0 Å². The number of hydrogen-bond donors (Lipinski definition) is 1. The lowest BCUT2D eigenvalue weighted by Crippen LogP contribution is -2.55. The Labute approximate surface area is 272 Å². The van der Waals surface area contributed by atoms with Crippen LogP contribution in [0.25, 0.3) is 0 Å². The standard InChI is InChI=1S/C37H41N3O5S/c1-45-33-22-14-17-30(25-33)27-39(35(26-29-15-6-2-7-16-29)37(42)38-31-18-8-3-9-19-31)36(41)28-40(32-20-10-4-11-21-32)46(43,44)34-23-12-5-13-24-34/h2,4-7,10-17,20-25,31,35H,3,8-9,18-19,26-28H2,1H3,(H,38,42)/t35-/m0/s1. The molecule has 1 fully saturated rings. The Hall–Kier alpha value is -4.63. The van der Waals surface area contributed by atoms with E-state index in [-0.39, 0.29) is 29.8 Å². The largest absolute Gasteiger partial charge is 0.497 e. The zero-order valence-corrected chi connectivity index (χ0v) is 26.9. The predicted octanol–water partition coefficient (Wildman–Crippen LogP) is 5.98. The number of amides is 2. The van der Waals surface area contributed by atoms with E-state index in [2.05, 4.69) is 5.32 Å². The minimum absolute atomic E-state index is 0.0348. The first kappa shape index (κ1) is 32.8. The molecule has 9 heteroatoms. The van der Waals surface area contributed by atoms with Crippen molar-refractivity contribution < 1.29 is 22.7 Å². The highest BCUT2D eigenvalue weighted by atomic mass is 32.2. The molecule has 4 aromatic rings. The van der Waals surface area contributed by atoms with Crippen LogP contribution in [0.3, 0.4) is 0 Å². The third-order valence-corrected chi connectivity index (χ3v) is 10.2. The number of nitrogens with zero attached hydrogens (tertiary/aromatic N) is 2. The van der Waals surface area contributed by atoms with Gasteiger partial charge < -0.3 is 15.0 Å². The molecule has 0 aliphatic heterocycles. The van der Waals surface area contributed by atoms with Gasteiger partial charge in [0, 0.05) is 19.0 Å². The molecule has 1 saturated carbocycles. The van der Waals surface area contributed by atoms with E-state index in [1.165, 1.54) is 17.0 Å². The van der Waals surface area contributed by atoms with Gasteiger partial charge in [-0.05, 0) is 60.4 Å². The second-order valence-electron chi connectivity index (χ2n) is 11.6. The maximum Gasteiger partial charge on any atom is 0.264 e. The van der Waals surface area contributed by atoms with E-state index in [1.807, 2.05) is 54.6 Å². The zero-order valence-electron chi connectivity index (χ0n) is 26.1. The van der Waals surface area contributed by atoms with Gasteiger partial charge in [0.1, 0.15) is 18.3 Å². The summed E-state index contributed by atoms with van der Waals surface area (Å²) in [5.74, 6) is -0.121. The van der Waals surface area contributed by atoms with Crippen LogP contribution >= 0.6 is 0 Å². The Morgan fingerprint density at radius 1 is 0.804 bits per heavy atom. The monoisotopic (exact) mass is 639 g/mol. The number of carbonyl (C=O) groups is 2. The summed E-state index contributed by atoms with van der Waals surface area (Å²) in [6, 6.07) is 32.7. The lowest BCUT2D eigenvalue weighted by atomic mass is 9.94. The molecule has 8 nitrogen and oxygen atoms in total. The molecular formula is C37H41N3O5S. The molecule has 1 atom stereocenters. The van der Waals surface area contributed by atoms with Gasteiger partial charge in [-0.2, -0.15) is 0 Å². The van der Waals surface area contributed by atoms with E-state index < -0.39 is 28.5 Å². The third-order valence-electron chi connectivity index (χ3n) is 8.36. The molecule has 1 aliphatic rings. The predicted molar refractivity (Wildman–Crippen MR) is 180 cm³/mol. The van der Waals surface area contributed by atoms with Crippen molar-refractivity contribution in [1.29, 1.82) is 0 Å². The number of ether oxygens (including phenoxy) is 1. The van der Waals surface area contributed by atoms with Crippen molar-refractivity contribution in [3.63, 3.8) is 0 Å². The quantitative estimate of drug-likeness (QED) is 0.194. The van der Waals surface area contributed by atoms with E-state index in [0.717, 1.165) is 47.5 Å². The minimum atomic E-state index is -4.13. The second-order valence-corrected chi connectivity index (χ2v) is 13.4. The minimum Gasteiger partial charge on any atom is -0.497 e. The fraction of sp³-hybridized carbons (Fsp3) is 0.297. The molecule has 0 heterocycles. The van der Waals surface area contributed by atoms with E-state index in [0.29, 0.717) is 11.4 Å². The van der Waals surface area contributed by atoms with Crippen LogP contribution in [0.15, 0.2) is 120 Å². The summed E-state index contributed by atoms with van der Waals surface area (Å²) in [5.41, 5.74) is 2.01. The highest BCUT2D eigenvalue weighted by Crippen LogP contribution is 2.26. The van der Waals surface area contributed by atoms with Crippen LogP contribution in [0.5, 0.6) is 5.75 Å². The van der Waals surface area contributed by atoms with Crippen LogP contribution in [0.4, 0.5) is 5.69 Å². The number of rotatable bonds is 13. The molecule has 240 valence electrons. The Kier molecular flexibility index (Phi) is 11.1. The maximum atomic E-state index is 14.6. The molecule has 0 unspecified atom stereocenters.